The Balaban J connectivity index is 1.61. The van der Waals surface area contributed by atoms with E-state index in [0.717, 1.165) is 16.8 Å². The van der Waals surface area contributed by atoms with Gasteiger partial charge >= 0.3 is 0 Å². The van der Waals surface area contributed by atoms with E-state index in [-0.39, 0.29) is 17.6 Å². The van der Waals surface area contributed by atoms with Crippen molar-refractivity contribution in [3.05, 3.63) is 83.6 Å². The number of aliphatic imine (C=N–C) groups is 1. The molecule has 1 unspecified atom stereocenters. The quantitative estimate of drug-likeness (QED) is 0.872. The van der Waals surface area contributed by atoms with Gasteiger partial charge < -0.3 is 10.3 Å². The SMILES string of the molecule is O=C(NC1=CC=CC2=CC1C=CC=N2)c1cc2ccc(F)cc2[nH]1. The lowest BCUT2D eigenvalue weighted by Gasteiger charge is -2.13. The van der Waals surface area contributed by atoms with Crippen LogP contribution < -0.4 is 5.32 Å². The molecule has 0 fully saturated rings. The van der Waals surface area contributed by atoms with Crippen LogP contribution in [-0.4, -0.2) is 17.1 Å². The number of nitrogens with zero attached hydrogens (tertiary/aromatic N) is 1. The maximum absolute atomic E-state index is 13.3. The number of amides is 1. The molecule has 2 aromatic rings. The van der Waals surface area contributed by atoms with E-state index in [2.05, 4.69) is 15.3 Å². The van der Waals surface area contributed by atoms with Crippen molar-refractivity contribution >= 4 is 23.0 Å². The molecule has 1 aliphatic carbocycles. The Bertz CT molecular complexity index is 976. The number of aromatic amines is 1. The Morgan fingerprint density at radius 1 is 1.25 bits per heavy atom. The lowest BCUT2D eigenvalue weighted by Crippen LogP contribution is -2.26. The first-order valence-corrected chi connectivity index (χ1v) is 7.59. The Hall–Kier alpha value is -3.21. The number of allylic oxidation sites excluding steroid dienone is 5. The standard InChI is InChI=1S/C19H14FN3O/c20-14-7-6-13-10-18(22-17(13)11-14)19(24)23-16-5-1-4-15-9-12(16)3-2-8-21-15/h1-12,22H,(H,23,24). The number of hydrogen-bond acceptors (Lipinski definition) is 2. The average Bonchev–Trinajstić information content (AvgIpc) is 2.73. The molecule has 4 rings (SSSR count). The molecule has 4 nitrogen and oxygen atoms in total. The fraction of sp³-hybridized carbons (Fsp3) is 0.0526. The predicted octanol–water partition coefficient (Wildman–Crippen LogP) is 3.63. The van der Waals surface area contributed by atoms with Crippen molar-refractivity contribution in [3.63, 3.8) is 0 Å². The van der Waals surface area contributed by atoms with E-state index in [4.69, 9.17) is 0 Å². The summed E-state index contributed by atoms with van der Waals surface area (Å²) < 4.78 is 13.3. The Kier molecular flexibility index (Phi) is 3.46. The number of carbonyl (C=O) groups excluding carboxylic acids is 1. The van der Waals surface area contributed by atoms with Gasteiger partial charge in [0.25, 0.3) is 5.91 Å². The highest BCUT2D eigenvalue weighted by molar-refractivity contribution is 5.99. The van der Waals surface area contributed by atoms with Crippen molar-refractivity contribution in [3.8, 4) is 0 Å². The number of nitrogens with one attached hydrogen (secondary N) is 2. The van der Waals surface area contributed by atoms with Gasteiger partial charge in [0, 0.05) is 28.7 Å². The van der Waals surface area contributed by atoms with Gasteiger partial charge in [-0.05, 0) is 48.6 Å². The molecule has 1 atom stereocenters. The van der Waals surface area contributed by atoms with E-state index >= 15 is 0 Å². The lowest BCUT2D eigenvalue weighted by atomic mass is 10.0. The average molecular weight is 319 g/mol. The molecular formula is C19H14FN3O. The van der Waals surface area contributed by atoms with Gasteiger partial charge in [-0.3, -0.25) is 9.79 Å². The summed E-state index contributed by atoms with van der Waals surface area (Å²) in [6.07, 6.45) is 13.2. The van der Waals surface area contributed by atoms with Crippen LogP contribution in [0.3, 0.4) is 0 Å². The van der Waals surface area contributed by atoms with E-state index in [1.807, 2.05) is 36.5 Å². The molecule has 1 aromatic carbocycles. The smallest absolute Gasteiger partial charge is 0.271 e. The van der Waals surface area contributed by atoms with Gasteiger partial charge in [0.05, 0.1) is 5.70 Å². The summed E-state index contributed by atoms with van der Waals surface area (Å²) >= 11 is 0. The summed E-state index contributed by atoms with van der Waals surface area (Å²) in [5.74, 6) is -0.654. The molecule has 118 valence electrons. The zero-order valence-corrected chi connectivity index (χ0v) is 12.7. The number of hydrogen-bond donors (Lipinski definition) is 2. The number of benzene rings is 1. The third-order valence-electron chi connectivity index (χ3n) is 3.97. The number of aromatic nitrogens is 1. The summed E-state index contributed by atoms with van der Waals surface area (Å²) in [4.78, 5) is 19.8. The molecule has 2 bridgehead atoms. The zero-order chi connectivity index (χ0) is 16.5. The normalized spacial score (nSPS) is 18.8. The van der Waals surface area contributed by atoms with Crippen LogP contribution in [0, 0.1) is 11.7 Å². The molecule has 1 aliphatic heterocycles. The van der Waals surface area contributed by atoms with Gasteiger partial charge in [-0.1, -0.05) is 12.2 Å². The molecule has 0 saturated carbocycles. The first-order chi connectivity index (χ1) is 11.7. The largest absolute Gasteiger partial charge is 0.350 e. The van der Waals surface area contributed by atoms with Crippen LogP contribution in [-0.2, 0) is 0 Å². The number of fused-ring (bicyclic) bond motifs is 2. The number of carbonyl (C=O) groups is 1. The molecule has 0 spiro atoms. The molecular weight excluding hydrogens is 305 g/mol. The Labute approximate surface area is 137 Å². The highest BCUT2D eigenvalue weighted by atomic mass is 19.1. The second-order valence-electron chi connectivity index (χ2n) is 5.63. The van der Waals surface area contributed by atoms with Gasteiger partial charge in [-0.25, -0.2) is 4.39 Å². The maximum atomic E-state index is 13.3. The van der Waals surface area contributed by atoms with Gasteiger partial charge in [-0.2, -0.15) is 0 Å². The molecule has 1 aromatic heterocycles. The van der Waals surface area contributed by atoms with Crippen LogP contribution in [0.25, 0.3) is 10.9 Å². The maximum Gasteiger partial charge on any atom is 0.271 e. The Morgan fingerprint density at radius 2 is 2.17 bits per heavy atom. The first kappa shape index (κ1) is 14.4. The van der Waals surface area contributed by atoms with Crippen molar-refractivity contribution < 1.29 is 9.18 Å². The van der Waals surface area contributed by atoms with Gasteiger partial charge in [-0.15, -0.1) is 0 Å². The molecule has 1 amide bonds. The molecule has 2 aliphatic rings. The van der Waals surface area contributed by atoms with E-state index in [9.17, 15) is 9.18 Å². The summed E-state index contributed by atoms with van der Waals surface area (Å²) in [5, 5.41) is 3.72. The summed E-state index contributed by atoms with van der Waals surface area (Å²) in [7, 11) is 0. The van der Waals surface area contributed by atoms with Crippen molar-refractivity contribution in [2.24, 2.45) is 10.9 Å². The third kappa shape index (κ3) is 2.72. The lowest BCUT2D eigenvalue weighted by molar-refractivity contribution is 0.0959. The highest BCUT2D eigenvalue weighted by Crippen LogP contribution is 2.22. The van der Waals surface area contributed by atoms with Crippen molar-refractivity contribution in [2.45, 2.75) is 0 Å². The van der Waals surface area contributed by atoms with Gasteiger partial charge in [0.2, 0.25) is 0 Å². The van der Waals surface area contributed by atoms with Crippen LogP contribution >= 0.6 is 0 Å². The monoisotopic (exact) mass is 319 g/mol. The van der Waals surface area contributed by atoms with Crippen LogP contribution in [0.4, 0.5) is 4.39 Å². The molecule has 24 heavy (non-hydrogen) atoms. The number of halogens is 1. The van der Waals surface area contributed by atoms with Crippen molar-refractivity contribution in [1.29, 1.82) is 0 Å². The number of H-pyrrole nitrogens is 1. The third-order valence-corrected chi connectivity index (χ3v) is 3.97. The van der Waals surface area contributed by atoms with Gasteiger partial charge in [0.1, 0.15) is 11.5 Å². The van der Waals surface area contributed by atoms with Crippen molar-refractivity contribution in [1.82, 2.24) is 10.3 Å². The minimum atomic E-state index is -0.339. The van der Waals surface area contributed by atoms with E-state index in [1.54, 1.807) is 18.3 Å². The topological polar surface area (TPSA) is 57.2 Å². The summed E-state index contributed by atoms with van der Waals surface area (Å²) in [6, 6.07) is 6.11. The van der Waals surface area contributed by atoms with E-state index < -0.39 is 0 Å². The molecule has 2 N–H and O–H groups in total. The number of rotatable bonds is 2. The second kappa shape index (κ2) is 5.77. The van der Waals surface area contributed by atoms with Crippen LogP contribution in [0.2, 0.25) is 0 Å². The van der Waals surface area contributed by atoms with Crippen molar-refractivity contribution in [2.75, 3.05) is 0 Å². The van der Waals surface area contributed by atoms with Crippen LogP contribution in [0.1, 0.15) is 10.5 Å². The van der Waals surface area contributed by atoms with Crippen LogP contribution in [0.15, 0.2) is 77.1 Å². The minimum Gasteiger partial charge on any atom is -0.350 e. The van der Waals surface area contributed by atoms with Crippen LogP contribution in [0.5, 0.6) is 0 Å². The second-order valence-corrected chi connectivity index (χ2v) is 5.63. The zero-order valence-electron chi connectivity index (χ0n) is 12.7. The Morgan fingerprint density at radius 3 is 3.08 bits per heavy atom. The first-order valence-electron chi connectivity index (χ1n) is 7.59. The van der Waals surface area contributed by atoms with E-state index in [1.165, 1.54) is 12.1 Å². The predicted molar refractivity (Wildman–Crippen MR) is 92.2 cm³/mol. The molecule has 5 heteroatoms. The summed E-state index contributed by atoms with van der Waals surface area (Å²) in [6.45, 7) is 0. The molecule has 0 radical (unpaired) electrons. The molecule has 2 heterocycles. The highest BCUT2D eigenvalue weighted by Gasteiger charge is 2.17. The fourth-order valence-electron chi connectivity index (χ4n) is 2.78. The fourth-order valence-corrected chi connectivity index (χ4v) is 2.78. The molecule has 0 saturated heterocycles. The minimum absolute atomic E-state index is 0.0525. The van der Waals surface area contributed by atoms with Gasteiger partial charge in [0.15, 0.2) is 0 Å². The summed E-state index contributed by atoms with van der Waals surface area (Å²) in [5.41, 5.74) is 2.60. The van der Waals surface area contributed by atoms with E-state index in [0.29, 0.717) is 11.2 Å².